The van der Waals surface area contributed by atoms with Crippen molar-refractivity contribution in [2.45, 2.75) is 19.4 Å². The number of benzene rings is 2. The molecule has 2 N–H and O–H groups in total. The van der Waals surface area contributed by atoms with Gasteiger partial charge in [-0.1, -0.05) is 51.3 Å². The molecule has 1 atom stereocenters. The first-order valence-corrected chi connectivity index (χ1v) is 7.48. The fraction of sp³-hybridized carbons (Fsp3) is 0.200. The molecule has 0 heterocycles. The molecule has 0 aliphatic rings. The van der Waals surface area contributed by atoms with Crippen LogP contribution in [0.2, 0.25) is 10.0 Å². The quantitative estimate of drug-likeness (QED) is 0.790. The van der Waals surface area contributed by atoms with Gasteiger partial charge >= 0.3 is 0 Å². The summed E-state index contributed by atoms with van der Waals surface area (Å²) in [5, 5.41) is 1.14. The average Bonchev–Trinajstić information content (AvgIpc) is 2.33. The summed E-state index contributed by atoms with van der Waals surface area (Å²) in [6.45, 7) is 2.06. The molecule has 0 fully saturated rings. The van der Waals surface area contributed by atoms with Crippen molar-refractivity contribution in [2.24, 2.45) is 5.73 Å². The van der Waals surface area contributed by atoms with Crippen molar-refractivity contribution in [3.63, 3.8) is 0 Å². The van der Waals surface area contributed by atoms with Gasteiger partial charge in [0.05, 0.1) is 10.0 Å². The molecule has 0 radical (unpaired) electrons. The fourth-order valence-electron chi connectivity index (χ4n) is 2.09. The maximum atomic E-state index is 6.27. The lowest BCUT2D eigenvalue weighted by Crippen LogP contribution is -2.14. The maximum Gasteiger partial charge on any atom is 0.0595 e. The minimum Gasteiger partial charge on any atom is -0.324 e. The van der Waals surface area contributed by atoms with Crippen molar-refractivity contribution >= 4 is 39.1 Å². The Balaban J connectivity index is 2.20. The topological polar surface area (TPSA) is 26.0 Å². The molecular weight excluding hydrogens is 345 g/mol. The van der Waals surface area contributed by atoms with Gasteiger partial charge in [0.1, 0.15) is 0 Å². The van der Waals surface area contributed by atoms with E-state index in [1.54, 1.807) is 6.07 Å². The summed E-state index contributed by atoms with van der Waals surface area (Å²) in [4.78, 5) is 0. The lowest BCUT2D eigenvalue weighted by Gasteiger charge is -2.15. The Morgan fingerprint density at radius 3 is 2.47 bits per heavy atom. The van der Waals surface area contributed by atoms with Gasteiger partial charge in [-0.15, -0.1) is 0 Å². The lowest BCUT2D eigenvalue weighted by atomic mass is 9.96. The second-order valence-electron chi connectivity index (χ2n) is 4.56. The number of nitrogens with two attached hydrogens (primary N) is 1. The van der Waals surface area contributed by atoms with Crippen LogP contribution in [0.4, 0.5) is 0 Å². The van der Waals surface area contributed by atoms with Gasteiger partial charge in [-0.3, -0.25) is 0 Å². The van der Waals surface area contributed by atoms with E-state index in [-0.39, 0.29) is 6.04 Å². The second-order valence-corrected chi connectivity index (χ2v) is 6.29. The molecule has 0 aliphatic heterocycles. The first-order valence-electron chi connectivity index (χ1n) is 5.93. The van der Waals surface area contributed by atoms with E-state index in [1.807, 2.05) is 18.2 Å². The van der Waals surface area contributed by atoms with E-state index in [9.17, 15) is 0 Å². The molecule has 1 unspecified atom stereocenters. The lowest BCUT2D eigenvalue weighted by molar-refractivity contribution is 0.716. The van der Waals surface area contributed by atoms with E-state index in [0.717, 1.165) is 22.0 Å². The van der Waals surface area contributed by atoms with Gasteiger partial charge in [0.15, 0.2) is 0 Å². The van der Waals surface area contributed by atoms with Crippen LogP contribution < -0.4 is 5.73 Å². The van der Waals surface area contributed by atoms with E-state index in [2.05, 4.69) is 35.0 Å². The highest BCUT2D eigenvalue weighted by Crippen LogP contribution is 2.26. The fourth-order valence-corrected chi connectivity index (χ4v) is 2.88. The third-order valence-electron chi connectivity index (χ3n) is 3.07. The average molecular weight is 359 g/mol. The molecule has 0 saturated heterocycles. The summed E-state index contributed by atoms with van der Waals surface area (Å²) in [5.41, 5.74) is 9.69. The highest BCUT2D eigenvalue weighted by molar-refractivity contribution is 9.10. The van der Waals surface area contributed by atoms with Gasteiger partial charge in [-0.25, -0.2) is 0 Å². The minimum atomic E-state index is -0.0506. The molecular formula is C15H14BrCl2N. The summed E-state index contributed by atoms with van der Waals surface area (Å²) in [7, 11) is 0. The van der Waals surface area contributed by atoms with Crippen LogP contribution >= 0.6 is 39.1 Å². The summed E-state index contributed by atoms with van der Waals surface area (Å²) < 4.78 is 1.07. The summed E-state index contributed by atoms with van der Waals surface area (Å²) in [6, 6.07) is 11.7. The third kappa shape index (κ3) is 3.73. The van der Waals surface area contributed by atoms with Crippen LogP contribution in [0, 0.1) is 6.92 Å². The molecule has 4 heteroatoms. The van der Waals surface area contributed by atoms with E-state index in [4.69, 9.17) is 28.9 Å². The van der Waals surface area contributed by atoms with Gasteiger partial charge < -0.3 is 5.73 Å². The smallest absolute Gasteiger partial charge is 0.0595 e. The Bertz CT molecular complexity index is 599. The molecule has 100 valence electrons. The zero-order chi connectivity index (χ0) is 14.0. The van der Waals surface area contributed by atoms with Gasteiger partial charge in [-0.2, -0.15) is 0 Å². The molecule has 2 aromatic carbocycles. The van der Waals surface area contributed by atoms with Gasteiger partial charge in [0, 0.05) is 10.5 Å². The third-order valence-corrected chi connectivity index (χ3v) is 4.30. The zero-order valence-corrected chi connectivity index (χ0v) is 13.6. The normalized spacial score (nSPS) is 12.5. The minimum absolute atomic E-state index is 0.0506. The maximum absolute atomic E-state index is 6.27. The Morgan fingerprint density at radius 2 is 1.84 bits per heavy atom. The SMILES string of the molecule is Cc1cc(Br)ccc1C(N)Cc1ccc(Cl)c(Cl)c1. The van der Waals surface area contributed by atoms with Gasteiger partial charge in [0.2, 0.25) is 0 Å². The molecule has 19 heavy (non-hydrogen) atoms. The number of rotatable bonds is 3. The van der Waals surface area contributed by atoms with Crippen LogP contribution in [0.25, 0.3) is 0 Å². The van der Waals surface area contributed by atoms with Crippen molar-refractivity contribution in [3.8, 4) is 0 Å². The van der Waals surface area contributed by atoms with Crippen LogP contribution in [0.15, 0.2) is 40.9 Å². The van der Waals surface area contributed by atoms with E-state index in [1.165, 1.54) is 5.56 Å². The molecule has 0 amide bonds. The second kappa shape index (κ2) is 6.27. The number of hydrogen-bond donors (Lipinski definition) is 1. The van der Waals surface area contributed by atoms with Crippen molar-refractivity contribution in [3.05, 3.63) is 67.6 Å². The van der Waals surface area contributed by atoms with Crippen LogP contribution in [0.5, 0.6) is 0 Å². The highest BCUT2D eigenvalue weighted by atomic mass is 79.9. The standard InChI is InChI=1S/C15H14BrCl2N/c1-9-6-11(16)3-4-12(9)15(19)8-10-2-5-13(17)14(18)7-10/h2-7,15H,8,19H2,1H3. The molecule has 0 saturated carbocycles. The van der Waals surface area contributed by atoms with Crippen molar-refractivity contribution in [1.82, 2.24) is 0 Å². The first-order chi connectivity index (χ1) is 8.97. The van der Waals surface area contributed by atoms with Crippen molar-refractivity contribution < 1.29 is 0 Å². The van der Waals surface area contributed by atoms with E-state index in [0.29, 0.717) is 10.0 Å². The molecule has 0 aromatic heterocycles. The molecule has 0 bridgehead atoms. The Kier molecular flexibility index (Phi) is 4.91. The van der Waals surface area contributed by atoms with Gasteiger partial charge in [-0.05, 0) is 54.3 Å². The summed E-state index contributed by atoms with van der Waals surface area (Å²) in [5.74, 6) is 0. The van der Waals surface area contributed by atoms with Crippen LogP contribution in [-0.4, -0.2) is 0 Å². The Morgan fingerprint density at radius 1 is 1.11 bits per heavy atom. The predicted octanol–water partition coefficient (Wildman–Crippen LogP) is 5.31. The van der Waals surface area contributed by atoms with Crippen molar-refractivity contribution in [1.29, 1.82) is 0 Å². The summed E-state index contributed by atoms with van der Waals surface area (Å²) in [6.07, 6.45) is 0.735. The Hall–Kier alpha value is -0.540. The highest BCUT2D eigenvalue weighted by Gasteiger charge is 2.11. The van der Waals surface area contributed by atoms with E-state index < -0.39 is 0 Å². The molecule has 1 nitrogen and oxygen atoms in total. The molecule has 0 spiro atoms. The van der Waals surface area contributed by atoms with Crippen LogP contribution in [0.1, 0.15) is 22.7 Å². The first kappa shape index (κ1) is 14.9. The van der Waals surface area contributed by atoms with Gasteiger partial charge in [0.25, 0.3) is 0 Å². The number of aryl methyl sites for hydroxylation is 1. The zero-order valence-electron chi connectivity index (χ0n) is 10.5. The number of halogens is 3. The van der Waals surface area contributed by atoms with Crippen molar-refractivity contribution in [2.75, 3.05) is 0 Å². The van der Waals surface area contributed by atoms with Crippen LogP contribution in [0.3, 0.4) is 0 Å². The largest absolute Gasteiger partial charge is 0.324 e. The molecule has 2 rings (SSSR count). The van der Waals surface area contributed by atoms with E-state index >= 15 is 0 Å². The summed E-state index contributed by atoms with van der Waals surface area (Å²) >= 11 is 15.4. The predicted molar refractivity (Wildman–Crippen MR) is 86.0 cm³/mol. The number of hydrogen-bond acceptors (Lipinski definition) is 1. The van der Waals surface area contributed by atoms with Crippen LogP contribution in [-0.2, 0) is 6.42 Å². The Labute approximate surface area is 131 Å². The monoisotopic (exact) mass is 357 g/mol. The molecule has 2 aromatic rings. The molecule has 0 aliphatic carbocycles.